The molecule has 3 heterocycles. The average Bonchev–Trinajstić information content (AvgIpc) is 3.45. The molecule has 1 saturated heterocycles. The van der Waals surface area contributed by atoms with E-state index in [1.807, 2.05) is 34.1 Å². The van der Waals surface area contributed by atoms with E-state index < -0.39 is 0 Å². The van der Waals surface area contributed by atoms with Crippen LogP contribution < -0.4 is 9.80 Å². The van der Waals surface area contributed by atoms with Crippen molar-refractivity contribution < 1.29 is 4.79 Å². The fraction of sp³-hybridized carbons (Fsp3) is 0.241. The van der Waals surface area contributed by atoms with Gasteiger partial charge in [0.15, 0.2) is 0 Å². The first-order valence-corrected chi connectivity index (χ1v) is 12.6. The molecular formula is C29H29N7O. The van der Waals surface area contributed by atoms with Crippen LogP contribution in [0.25, 0.3) is 5.70 Å². The van der Waals surface area contributed by atoms with Crippen molar-refractivity contribution in [2.45, 2.75) is 13.0 Å². The van der Waals surface area contributed by atoms with Crippen molar-refractivity contribution in [3.05, 3.63) is 108 Å². The van der Waals surface area contributed by atoms with Crippen LogP contribution in [-0.2, 0) is 4.79 Å². The predicted molar refractivity (Wildman–Crippen MR) is 144 cm³/mol. The molecule has 6 rings (SSSR count). The number of hydrogen-bond donors (Lipinski definition) is 0. The van der Waals surface area contributed by atoms with E-state index in [0.29, 0.717) is 19.0 Å². The first kappa shape index (κ1) is 23.0. The molecule has 0 spiro atoms. The van der Waals surface area contributed by atoms with E-state index in [4.69, 9.17) is 0 Å². The van der Waals surface area contributed by atoms with Gasteiger partial charge in [0.1, 0.15) is 12.6 Å². The molecular weight excluding hydrogens is 462 g/mol. The van der Waals surface area contributed by atoms with Gasteiger partial charge in [0.2, 0.25) is 5.91 Å². The van der Waals surface area contributed by atoms with Crippen LogP contribution in [0.4, 0.5) is 11.6 Å². The van der Waals surface area contributed by atoms with Crippen LogP contribution in [-0.4, -0.2) is 63.7 Å². The molecule has 37 heavy (non-hydrogen) atoms. The summed E-state index contributed by atoms with van der Waals surface area (Å²) >= 11 is 0. The van der Waals surface area contributed by atoms with E-state index in [9.17, 15) is 4.79 Å². The Morgan fingerprint density at radius 3 is 2.24 bits per heavy atom. The minimum Gasteiger partial charge on any atom is -0.368 e. The normalized spacial score (nSPS) is 17.4. The quantitative estimate of drug-likeness (QED) is 0.423. The van der Waals surface area contributed by atoms with Gasteiger partial charge in [0.05, 0.1) is 5.70 Å². The summed E-state index contributed by atoms with van der Waals surface area (Å²) in [4.78, 5) is 19.8. The number of fused-ring (bicyclic) bond motifs is 1. The lowest BCUT2D eigenvalue weighted by molar-refractivity contribution is -0.129. The highest BCUT2D eigenvalue weighted by Gasteiger charge is 2.33. The number of carbonyl (C=O) groups is 1. The van der Waals surface area contributed by atoms with E-state index in [2.05, 4.69) is 94.1 Å². The monoisotopic (exact) mass is 491 g/mol. The Balaban J connectivity index is 1.27. The van der Waals surface area contributed by atoms with Crippen molar-refractivity contribution in [1.29, 1.82) is 0 Å². The molecule has 1 amide bonds. The van der Waals surface area contributed by atoms with Crippen molar-refractivity contribution in [1.82, 2.24) is 25.1 Å². The molecule has 1 fully saturated rings. The molecule has 186 valence electrons. The second-order valence-corrected chi connectivity index (χ2v) is 9.49. The van der Waals surface area contributed by atoms with Crippen molar-refractivity contribution in [2.75, 3.05) is 42.5 Å². The summed E-state index contributed by atoms with van der Waals surface area (Å²) in [6, 6.07) is 28.8. The number of piperazine rings is 1. The maximum atomic E-state index is 13.6. The summed E-state index contributed by atoms with van der Waals surface area (Å²) in [5.74, 6) is 0.640. The number of allylic oxidation sites excluding steroid dienone is 1. The predicted octanol–water partition coefficient (Wildman–Crippen LogP) is 3.78. The number of aromatic nitrogens is 4. The molecule has 4 aromatic rings. The molecule has 0 radical (unpaired) electrons. The summed E-state index contributed by atoms with van der Waals surface area (Å²) in [6.45, 7) is 5.24. The largest absolute Gasteiger partial charge is 0.368 e. The second-order valence-electron chi connectivity index (χ2n) is 9.49. The lowest BCUT2D eigenvalue weighted by Gasteiger charge is -2.38. The van der Waals surface area contributed by atoms with E-state index in [1.165, 1.54) is 11.3 Å². The summed E-state index contributed by atoms with van der Waals surface area (Å²) in [6.07, 6.45) is 2.16. The molecule has 8 heteroatoms. The highest BCUT2D eigenvalue weighted by Crippen LogP contribution is 2.36. The SMILES string of the molecule is Cc1ccc([C@@H]2C=C(c3ccccc3)N(CC(=O)N3CCN(c4ccccc4)CC3)c3nnnn32)cc1. The number of aryl methyl sites for hydroxylation is 1. The molecule has 0 aliphatic carbocycles. The minimum atomic E-state index is -0.165. The van der Waals surface area contributed by atoms with Crippen LogP contribution in [0, 0.1) is 6.92 Å². The number of tetrazole rings is 1. The number of rotatable bonds is 5. The van der Waals surface area contributed by atoms with Crippen LogP contribution in [0.15, 0.2) is 91.0 Å². The molecule has 3 aromatic carbocycles. The summed E-state index contributed by atoms with van der Waals surface area (Å²) < 4.78 is 1.80. The molecule has 0 unspecified atom stereocenters. The van der Waals surface area contributed by atoms with Crippen LogP contribution in [0.1, 0.15) is 22.7 Å². The Morgan fingerprint density at radius 2 is 1.54 bits per heavy atom. The Morgan fingerprint density at radius 1 is 0.865 bits per heavy atom. The number of amides is 1. The van der Waals surface area contributed by atoms with Crippen LogP contribution in [0.3, 0.4) is 0 Å². The Hall–Kier alpha value is -4.46. The van der Waals surface area contributed by atoms with Gasteiger partial charge < -0.3 is 9.80 Å². The Labute approximate surface area is 216 Å². The maximum Gasteiger partial charge on any atom is 0.251 e. The van der Waals surface area contributed by atoms with Gasteiger partial charge in [-0.2, -0.15) is 4.68 Å². The highest BCUT2D eigenvalue weighted by molar-refractivity contribution is 5.89. The number of benzene rings is 3. The fourth-order valence-electron chi connectivity index (χ4n) is 5.07. The van der Waals surface area contributed by atoms with Gasteiger partial charge >= 0.3 is 0 Å². The van der Waals surface area contributed by atoms with Gasteiger partial charge in [-0.25, -0.2) is 0 Å². The third kappa shape index (κ3) is 4.58. The fourth-order valence-corrected chi connectivity index (χ4v) is 5.07. The maximum absolute atomic E-state index is 13.6. The first-order chi connectivity index (χ1) is 18.2. The molecule has 8 nitrogen and oxygen atoms in total. The summed E-state index contributed by atoms with van der Waals surface area (Å²) in [5.41, 5.74) is 5.44. The van der Waals surface area contributed by atoms with E-state index in [0.717, 1.165) is 29.9 Å². The third-order valence-electron chi connectivity index (χ3n) is 7.12. The molecule has 2 aliphatic heterocycles. The van der Waals surface area contributed by atoms with E-state index in [1.54, 1.807) is 4.68 Å². The second kappa shape index (κ2) is 9.89. The van der Waals surface area contributed by atoms with Crippen molar-refractivity contribution in [3.8, 4) is 0 Å². The molecule has 1 atom stereocenters. The van der Waals surface area contributed by atoms with Gasteiger partial charge in [-0.1, -0.05) is 83.5 Å². The van der Waals surface area contributed by atoms with Crippen molar-refractivity contribution >= 4 is 23.2 Å². The standard InChI is InChI=1S/C29H29N7O/c1-22-12-14-24(15-13-22)27-20-26(23-8-4-2-5-9-23)35(29-30-31-32-36(27)29)21-28(37)34-18-16-33(17-19-34)25-10-6-3-7-11-25/h2-15,20,27H,16-19,21H2,1H3/t27-/m0/s1. The number of para-hydroxylation sites is 1. The lowest BCUT2D eigenvalue weighted by atomic mass is 10.00. The number of nitrogens with zero attached hydrogens (tertiary/aromatic N) is 7. The smallest absolute Gasteiger partial charge is 0.251 e. The molecule has 0 N–H and O–H groups in total. The van der Waals surface area contributed by atoms with Crippen molar-refractivity contribution in [2.24, 2.45) is 0 Å². The van der Waals surface area contributed by atoms with Gasteiger partial charge in [-0.05, 0) is 46.7 Å². The third-order valence-corrected chi connectivity index (χ3v) is 7.12. The number of carbonyl (C=O) groups excluding carboxylic acids is 1. The van der Waals surface area contributed by atoms with Crippen LogP contribution in [0.2, 0.25) is 0 Å². The number of hydrogen-bond acceptors (Lipinski definition) is 6. The van der Waals surface area contributed by atoms with Crippen LogP contribution in [0.5, 0.6) is 0 Å². The Bertz CT molecular complexity index is 1390. The lowest BCUT2D eigenvalue weighted by Crippen LogP contribution is -2.51. The summed E-state index contributed by atoms with van der Waals surface area (Å²) in [7, 11) is 0. The number of anilines is 2. The van der Waals surface area contributed by atoms with Gasteiger partial charge in [-0.15, -0.1) is 0 Å². The minimum absolute atomic E-state index is 0.0675. The van der Waals surface area contributed by atoms with Gasteiger partial charge in [0, 0.05) is 31.9 Å². The van der Waals surface area contributed by atoms with E-state index >= 15 is 0 Å². The van der Waals surface area contributed by atoms with Crippen LogP contribution >= 0.6 is 0 Å². The highest BCUT2D eigenvalue weighted by atomic mass is 16.2. The summed E-state index contributed by atoms with van der Waals surface area (Å²) in [5, 5.41) is 12.7. The zero-order valence-electron chi connectivity index (χ0n) is 20.8. The molecule has 0 bridgehead atoms. The van der Waals surface area contributed by atoms with Gasteiger partial charge in [0.25, 0.3) is 5.95 Å². The average molecular weight is 492 g/mol. The molecule has 2 aliphatic rings. The topological polar surface area (TPSA) is 70.4 Å². The zero-order chi connectivity index (χ0) is 25.2. The molecule has 0 saturated carbocycles. The van der Waals surface area contributed by atoms with Gasteiger partial charge in [-0.3, -0.25) is 9.69 Å². The zero-order valence-corrected chi connectivity index (χ0v) is 20.8. The molecule has 1 aromatic heterocycles. The van der Waals surface area contributed by atoms with Crippen molar-refractivity contribution in [3.63, 3.8) is 0 Å². The first-order valence-electron chi connectivity index (χ1n) is 12.6. The van der Waals surface area contributed by atoms with E-state index in [-0.39, 0.29) is 18.5 Å². The Kier molecular flexibility index (Phi) is 6.14.